The predicted octanol–water partition coefficient (Wildman–Crippen LogP) is 3.84. The molecule has 1 unspecified atom stereocenters. The van der Waals surface area contributed by atoms with Gasteiger partial charge in [0.25, 0.3) is 0 Å². The van der Waals surface area contributed by atoms with Gasteiger partial charge in [-0.05, 0) is 12.8 Å². The van der Waals surface area contributed by atoms with Gasteiger partial charge in [0.2, 0.25) is 0 Å². The molecule has 0 bridgehead atoms. The summed E-state index contributed by atoms with van der Waals surface area (Å²) in [5, 5.41) is 26.3. The third-order valence-corrected chi connectivity index (χ3v) is 4.36. The Hall–Kier alpha value is -0.940. The van der Waals surface area contributed by atoms with Crippen molar-refractivity contribution in [3.63, 3.8) is 0 Å². The van der Waals surface area contributed by atoms with Crippen LogP contribution in [0.3, 0.4) is 0 Å². The van der Waals surface area contributed by atoms with Crippen LogP contribution in [0.5, 0.6) is 0 Å². The van der Waals surface area contributed by atoms with E-state index in [9.17, 15) is 9.59 Å². The van der Waals surface area contributed by atoms with E-state index in [1.807, 2.05) is 0 Å². The monoisotopic (exact) mass is 344 g/mol. The van der Waals surface area contributed by atoms with Crippen molar-refractivity contribution in [2.24, 2.45) is 0 Å². The summed E-state index contributed by atoms with van der Waals surface area (Å²) in [6.07, 6.45) is 14.1. The van der Waals surface area contributed by atoms with Crippen LogP contribution in [-0.2, 0) is 9.59 Å². The van der Waals surface area contributed by atoms with E-state index in [1.165, 1.54) is 44.9 Å². The number of unbranched alkanes of at least 4 members (excludes halogenated alkanes) is 12. The number of carbonyl (C=O) groups excluding carboxylic acids is 1. The zero-order chi connectivity index (χ0) is 18.0. The van der Waals surface area contributed by atoms with Crippen molar-refractivity contribution in [3.8, 4) is 0 Å². The Morgan fingerprint density at radius 1 is 0.625 bits per heavy atom. The van der Waals surface area contributed by atoms with E-state index < -0.39 is 18.7 Å². The molecule has 5 heteroatoms. The van der Waals surface area contributed by atoms with E-state index >= 15 is 0 Å². The van der Waals surface area contributed by atoms with Gasteiger partial charge in [-0.2, -0.15) is 0 Å². The molecule has 0 radical (unpaired) electrons. The van der Waals surface area contributed by atoms with Gasteiger partial charge in [0.05, 0.1) is 6.61 Å². The summed E-state index contributed by atoms with van der Waals surface area (Å²) in [5.41, 5.74) is 0. The molecule has 0 amide bonds. The summed E-state index contributed by atoms with van der Waals surface area (Å²) in [6, 6.07) is 0. The zero-order valence-electron chi connectivity index (χ0n) is 15.0. The van der Waals surface area contributed by atoms with Crippen LogP contribution in [-0.4, -0.2) is 39.8 Å². The molecule has 0 heterocycles. The van der Waals surface area contributed by atoms with Crippen LogP contribution in [0.2, 0.25) is 0 Å². The Morgan fingerprint density at radius 3 is 1.29 bits per heavy atom. The van der Waals surface area contributed by atoms with Gasteiger partial charge >= 0.3 is 5.97 Å². The molecule has 5 nitrogen and oxygen atoms in total. The highest BCUT2D eigenvalue weighted by atomic mass is 16.4. The number of ketones is 1. The highest BCUT2D eigenvalue weighted by molar-refractivity contribution is 5.82. The van der Waals surface area contributed by atoms with Crippen molar-refractivity contribution in [1.29, 1.82) is 0 Å². The molecule has 0 fully saturated rings. The molecular weight excluding hydrogens is 308 g/mol. The number of hydrogen-bond acceptors (Lipinski definition) is 4. The van der Waals surface area contributed by atoms with Crippen molar-refractivity contribution < 1.29 is 24.9 Å². The van der Waals surface area contributed by atoms with Gasteiger partial charge in [0.15, 0.2) is 5.78 Å². The minimum absolute atomic E-state index is 0.250. The Labute approximate surface area is 146 Å². The molecule has 24 heavy (non-hydrogen) atoms. The van der Waals surface area contributed by atoms with E-state index in [1.54, 1.807) is 0 Å². The number of hydrogen-bond donors (Lipinski definition) is 3. The SMILES string of the molecule is O=C(O)CCCCCCCCCCCCCCCC(=O)C(O)CO. The van der Waals surface area contributed by atoms with Gasteiger partial charge in [0, 0.05) is 12.8 Å². The van der Waals surface area contributed by atoms with E-state index in [4.69, 9.17) is 15.3 Å². The van der Waals surface area contributed by atoms with Crippen LogP contribution >= 0.6 is 0 Å². The minimum Gasteiger partial charge on any atom is -0.481 e. The summed E-state index contributed by atoms with van der Waals surface area (Å²) >= 11 is 0. The number of aliphatic hydroxyl groups excluding tert-OH is 2. The molecule has 0 spiro atoms. The van der Waals surface area contributed by atoms with Crippen molar-refractivity contribution in [1.82, 2.24) is 0 Å². The average molecular weight is 344 g/mol. The standard InChI is InChI=1S/C19H36O5/c20-16-18(22)17(21)14-12-10-8-6-4-2-1-3-5-7-9-11-13-15-19(23)24/h18,20,22H,1-16H2,(H,23,24). The fraction of sp³-hybridized carbons (Fsp3) is 0.895. The largest absolute Gasteiger partial charge is 0.481 e. The lowest BCUT2D eigenvalue weighted by molar-refractivity contribution is -0.137. The Bertz CT molecular complexity index is 317. The van der Waals surface area contributed by atoms with Crippen LogP contribution in [0.25, 0.3) is 0 Å². The second-order valence-electron chi connectivity index (χ2n) is 6.65. The number of aliphatic carboxylic acids is 1. The summed E-state index contributed by atoms with van der Waals surface area (Å²) < 4.78 is 0. The maximum atomic E-state index is 11.3. The molecule has 0 rings (SSSR count). The van der Waals surface area contributed by atoms with Gasteiger partial charge < -0.3 is 15.3 Å². The van der Waals surface area contributed by atoms with Crippen molar-refractivity contribution in [2.45, 2.75) is 102 Å². The normalized spacial score (nSPS) is 12.2. The lowest BCUT2D eigenvalue weighted by Gasteiger charge is -2.06. The van der Waals surface area contributed by atoms with Gasteiger partial charge in [-0.1, -0.05) is 70.6 Å². The molecule has 0 aromatic carbocycles. The van der Waals surface area contributed by atoms with E-state index in [2.05, 4.69) is 0 Å². The van der Waals surface area contributed by atoms with Gasteiger partial charge in [-0.25, -0.2) is 0 Å². The molecule has 0 aliphatic rings. The zero-order valence-corrected chi connectivity index (χ0v) is 15.0. The Morgan fingerprint density at radius 2 is 0.958 bits per heavy atom. The fourth-order valence-electron chi connectivity index (χ4n) is 2.79. The quantitative estimate of drug-likeness (QED) is 0.328. The first-order chi connectivity index (χ1) is 11.6. The number of carboxylic acid groups (broad SMARTS) is 1. The summed E-state index contributed by atoms with van der Waals surface area (Å²) in [6.45, 7) is -0.471. The lowest BCUT2D eigenvalue weighted by Crippen LogP contribution is -2.23. The minimum atomic E-state index is -1.19. The van der Waals surface area contributed by atoms with Crippen molar-refractivity contribution in [3.05, 3.63) is 0 Å². The molecular formula is C19H36O5. The van der Waals surface area contributed by atoms with E-state index in [0.717, 1.165) is 38.5 Å². The average Bonchev–Trinajstić information content (AvgIpc) is 2.57. The number of carbonyl (C=O) groups is 2. The molecule has 0 aliphatic heterocycles. The third kappa shape index (κ3) is 15.9. The molecule has 0 aliphatic carbocycles. The molecule has 1 atom stereocenters. The molecule has 142 valence electrons. The third-order valence-electron chi connectivity index (χ3n) is 4.36. The molecule has 0 aromatic heterocycles. The first-order valence-electron chi connectivity index (χ1n) is 9.61. The topological polar surface area (TPSA) is 94.8 Å². The first kappa shape index (κ1) is 23.1. The summed E-state index contributed by atoms with van der Waals surface area (Å²) in [4.78, 5) is 21.6. The van der Waals surface area contributed by atoms with Crippen molar-refractivity contribution in [2.75, 3.05) is 6.61 Å². The van der Waals surface area contributed by atoms with E-state index in [-0.39, 0.29) is 5.78 Å². The first-order valence-corrected chi connectivity index (χ1v) is 9.61. The number of rotatable bonds is 18. The van der Waals surface area contributed by atoms with Crippen LogP contribution in [0.4, 0.5) is 0 Å². The van der Waals surface area contributed by atoms with Gasteiger partial charge in [0.1, 0.15) is 6.10 Å². The van der Waals surface area contributed by atoms with Crippen LogP contribution in [0.1, 0.15) is 96.3 Å². The maximum Gasteiger partial charge on any atom is 0.303 e. The van der Waals surface area contributed by atoms with Crippen LogP contribution < -0.4 is 0 Å². The number of aliphatic hydroxyl groups is 2. The fourth-order valence-corrected chi connectivity index (χ4v) is 2.79. The molecule has 3 N–H and O–H groups in total. The summed E-state index contributed by atoms with van der Waals surface area (Å²) in [5.74, 6) is -0.940. The second kappa shape index (κ2) is 16.9. The Kier molecular flexibility index (Phi) is 16.2. The molecule has 0 saturated heterocycles. The molecule has 0 aromatic rings. The van der Waals surface area contributed by atoms with Crippen LogP contribution in [0, 0.1) is 0 Å². The van der Waals surface area contributed by atoms with E-state index in [0.29, 0.717) is 12.8 Å². The van der Waals surface area contributed by atoms with Gasteiger partial charge in [-0.3, -0.25) is 9.59 Å². The highest BCUT2D eigenvalue weighted by Gasteiger charge is 2.12. The predicted molar refractivity (Wildman–Crippen MR) is 95.0 cm³/mol. The second-order valence-corrected chi connectivity index (χ2v) is 6.65. The lowest BCUT2D eigenvalue weighted by atomic mass is 10.0. The summed E-state index contributed by atoms with van der Waals surface area (Å²) in [7, 11) is 0. The number of Topliss-reactive ketones (excluding diaryl/α,β-unsaturated/α-hetero) is 1. The Balaban J connectivity index is 3.13. The smallest absolute Gasteiger partial charge is 0.303 e. The van der Waals surface area contributed by atoms with Gasteiger partial charge in [-0.15, -0.1) is 0 Å². The highest BCUT2D eigenvalue weighted by Crippen LogP contribution is 2.13. The number of carboxylic acids is 1. The van der Waals surface area contributed by atoms with Crippen molar-refractivity contribution >= 4 is 11.8 Å². The molecule has 0 saturated carbocycles. The van der Waals surface area contributed by atoms with Crippen LogP contribution in [0.15, 0.2) is 0 Å². The maximum absolute atomic E-state index is 11.3.